The van der Waals surface area contributed by atoms with Crippen LogP contribution >= 0.6 is 0 Å². The maximum Gasteiger partial charge on any atom is 0.332 e. The molecule has 174 valence electrons. The molecule has 0 radical (unpaired) electrons. The van der Waals surface area contributed by atoms with Crippen molar-refractivity contribution in [3.63, 3.8) is 0 Å². The number of nitrogens with two attached hydrogens (primary N) is 1. The largest absolute Gasteiger partial charge is 0.384 e. The minimum absolute atomic E-state index is 0.0348. The second kappa shape index (κ2) is 10.3. The van der Waals surface area contributed by atoms with E-state index in [1.54, 1.807) is 6.92 Å². The summed E-state index contributed by atoms with van der Waals surface area (Å²) in [5.41, 5.74) is 7.19. The zero-order valence-corrected chi connectivity index (χ0v) is 19.8. The first-order chi connectivity index (χ1) is 15.3. The van der Waals surface area contributed by atoms with Gasteiger partial charge in [-0.25, -0.2) is 4.79 Å². The summed E-state index contributed by atoms with van der Waals surface area (Å²) >= 11 is 0. The van der Waals surface area contributed by atoms with Crippen molar-refractivity contribution < 1.29 is 4.79 Å². The van der Waals surface area contributed by atoms with E-state index in [2.05, 4.69) is 18.7 Å². The first-order valence-corrected chi connectivity index (χ1v) is 11.7. The minimum atomic E-state index is -0.586. The molecule has 2 N–H and O–H groups in total. The molecule has 0 spiro atoms. The number of ketones is 1. The van der Waals surface area contributed by atoms with Gasteiger partial charge in [0.15, 0.2) is 5.78 Å². The van der Waals surface area contributed by atoms with Gasteiger partial charge in [-0.1, -0.05) is 56.5 Å². The van der Waals surface area contributed by atoms with Crippen LogP contribution in [0.15, 0.2) is 33.9 Å². The summed E-state index contributed by atoms with van der Waals surface area (Å²) in [4.78, 5) is 41.6. The number of aryl methyl sites for hydroxylation is 1. The lowest BCUT2D eigenvalue weighted by Gasteiger charge is -2.38. The summed E-state index contributed by atoms with van der Waals surface area (Å²) < 4.78 is 2.46. The number of benzene rings is 1. The van der Waals surface area contributed by atoms with E-state index in [-0.39, 0.29) is 36.8 Å². The van der Waals surface area contributed by atoms with E-state index in [0.29, 0.717) is 12.0 Å². The van der Waals surface area contributed by atoms with Crippen molar-refractivity contribution in [3.8, 4) is 0 Å². The standard InChI is InChI=1S/C25H36N4O3/c1-5-18(4)20-9-7-8-14-27(20)16-21(30)22-23(26)29(25(32)28(6-2)24(22)31)15-19-12-10-17(3)11-13-19/h10-13,18,20H,5-9,14-16,26H2,1-4H3. The van der Waals surface area contributed by atoms with Crippen molar-refractivity contribution >= 4 is 11.6 Å². The number of hydrogen-bond acceptors (Lipinski definition) is 5. The van der Waals surface area contributed by atoms with Gasteiger partial charge in [0.25, 0.3) is 5.56 Å². The van der Waals surface area contributed by atoms with Gasteiger partial charge < -0.3 is 5.73 Å². The fourth-order valence-corrected chi connectivity index (χ4v) is 4.68. The molecule has 2 atom stereocenters. The molecule has 32 heavy (non-hydrogen) atoms. The van der Waals surface area contributed by atoms with Gasteiger partial charge in [0, 0.05) is 12.6 Å². The van der Waals surface area contributed by atoms with Crippen molar-refractivity contribution in [2.24, 2.45) is 5.92 Å². The Bertz CT molecular complexity index is 1070. The third-order valence-corrected chi connectivity index (χ3v) is 6.84. The van der Waals surface area contributed by atoms with Gasteiger partial charge in [0.05, 0.1) is 13.1 Å². The number of nitrogens with zero attached hydrogens (tertiary/aromatic N) is 3. The minimum Gasteiger partial charge on any atom is -0.384 e. The maximum atomic E-state index is 13.4. The van der Waals surface area contributed by atoms with E-state index < -0.39 is 11.2 Å². The lowest BCUT2D eigenvalue weighted by molar-refractivity contribution is 0.0747. The van der Waals surface area contributed by atoms with Crippen LogP contribution in [0.4, 0.5) is 5.82 Å². The van der Waals surface area contributed by atoms with E-state index in [1.807, 2.05) is 31.2 Å². The first-order valence-electron chi connectivity index (χ1n) is 11.7. The van der Waals surface area contributed by atoms with Gasteiger partial charge in [-0.2, -0.15) is 0 Å². The molecule has 7 heteroatoms. The maximum absolute atomic E-state index is 13.4. The summed E-state index contributed by atoms with van der Waals surface area (Å²) in [7, 11) is 0. The van der Waals surface area contributed by atoms with E-state index in [1.165, 1.54) is 4.57 Å². The second-order valence-electron chi connectivity index (χ2n) is 9.01. The van der Waals surface area contributed by atoms with E-state index in [9.17, 15) is 14.4 Å². The third kappa shape index (κ3) is 4.88. The topological polar surface area (TPSA) is 90.3 Å². The lowest BCUT2D eigenvalue weighted by Crippen LogP contribution is -2.48. The molecule has 1 saturated heterocycles. The Kier molecular flexibility index (Phi) is 7.72. The highest BCUT2D eigenvalue weighted by molar-refractivity contribution is 6.01. The van der Waals surface area contributed by atoms with Crippen molar-refractivity contribution in [3.05, 3.63) is 61.8 Å². The van der Waals surface area contributed by atoms with Gasteiger partial charge in [-0.15, -0.1) is 0 Å². The summed E-state index contributed by atoms with van der Waals surface area (Å²) in [5, 5.41) is 0. The second-order valence-corrected chi connectivity index (χ2v) is 9.01. The van der Waals surface area contributed by atoms with Crippen LogP contribution in [-0.2, 0) is 13.1 Å². The van der Waals surface area contributed by atoms with Crippen LogP contribution in [0, 0.1) is 12.8 Å². The number of Topliss-reactive ketones (excluding diaryl/α,β-unsaturated/α-hetero) is 1. The summed E-state index contributed by atoms with van der Waals surface area (Å²) in [6.45, 7) is 9.49. The number of anilines is 1. The van der Waals surface area contributed by atoms with Gasteiger partial charge in [-0.3, -0.25) is 23.6 Å². The molecule has 1 aromatic heterocycles. The van der Waals surface area contributed by atoms with E-state index in [0.717, 1.165) is 47.9 Å². The SMILES string of the molecule is CCC(C)C1CCCCN1CC(=O)c1c(N)n(Cc2ccc(C)cc2)c(=O)n(CC)c1=O. The molecule has 0 saturated carbocycles. The van der Waals surface area contributed by atoms with Crippen molar-refractivity contribution in [1.29, 1.82) is 0 Å². The van der Waals surface area contributed by atoms with Gasteiger partial charge in [-0.05, 0) is 44.7 Å². The Morgan fingerprint density at radius 2 is 1.81 bits per heavy atom. The first kappa shape index (κ1) is 24.0. The molecule has 1 aliphatic heterocycles. The molecule has 2 heterocycles. The highest BCUT2D eigenvalue weighted by Crippen LogP contribution is 2.25. The summed E-state index contributed by atoms with van der Waals surface area (Å²) in [6.07, 6.45) is 4.30. The number of rotatable bonds is 8. The molecule has 2 unspecified atom stereocenters. The molecule has 3 rings (SSSR count). The highest BCUT2D eigenvalue weighted by Gasteiger charge is 2.30. The Labute approximate surface area is 189 Å². The van der Waals surface area contributed by atoms with Crippen LogP contribution in [0.25, 0.3) is 0 Å². The Hall–Kier alpha value is -2.67. The third-order valence-electron chi connectivity index (χ3n) is 6.84. The number of hydrogen-bond donors (Lipinski definition) is 1. The van der Waals surface area contributed by atoms with Crippen molar-refractivity contribution in [2.45, 2.75) is 72.5 Å². The number of nitrogen functional groups attached to an aromatic ring is 1. The van der Waals surface area contributed by atoms with E-state index in [4.69, 9.17) is 5.73 Å². The molecule has 0 bridgehead atoms. The normalized spacial score (nSPS) is 17.9. The molecule has 0 amide bonds. The molecule has 1 fully saturated rings. The van der Waals surface area contributed by atoms with Crippen LogP contribution in [0.5, 0.6) is 0 Å². The zero-order chi connectivity index (χ0) is 23.4. The predicted octanol–water partition coefficient (Wildman–Crippen LogP) is 3.05. The highest BCUT2D eigenvalue weighted by atomic mass is 16.2. The lowest BCUT2D eigenvalue weighted by atomic mass is 9.89. The predicted molar refractivity (Wildman–Crippen MR) is 128 cm³/mol. The van der Waals surface area contributed by atoms with Gasteiger partial charge in [0.1, 0.15) is 11.4 Å². The number of piperidine rings is 1. The Balaban J connectivity index is 1.99. The molecular formula is C25H36N4O3. The molecular weight excluding hydrogens is 404 g/mol. The van der Waals surface area contributed by atoms with Crippen molar-refractivity contribution in [1.82, 2.24) is 14.0 Å². The molecule has 1 aromatic carbocycles. The summed E-state index contributed by atoms with van der Waals surface area (Å²) in [5.74, 6) is 0.137. The van der Waals surface area contributed by atoms with Crippen LogP contribution < -0.4 is 17.0 Å². The average molecular weight is 441 g/mol. The average Bonchev–Trinajstić information content (AvgIpc) is 2.78. The Morgan fingerprint density at radius 1 is 1.12 bits per heavy atom. The quantitative estimate of drug-likeness (QED) is 0.637. The van der Waals surface area contributed by atoms with Crippen LogP contribution in [0.1, 0.15) is 67.9 Å². The van der Waals surface area contributed by atoms with Crippen molar-refractivity contribution in [2.75, 3.05) is 18.8 Å². The number of aromatic nitrogens is 2. The molecule has 1 aliphatic rings. The molecule has 7 nitrogen and oxygen atoms in total. The van der Waals surface area contributed by atoms with Gasteiger partial charge >= 0.3 is 5.69 Å². The monoisotopic (exact) mass is 440 g/mol. The zero-order valence-electron chi connectivity index (χ0n) is 19.8. The fourth-order valence-electron chi connectivity index (χ4n) is 4.68. The van der Waals surface area contributed by atoms with Crippen LogP contribution in [0.2, 0.25) is 0 Å². The number of carbonyl (C=O) groups is 1. The number of likely N-dealkylation sites (tertiary alicyclic amines) is 1. The molecule has 2 aromatic rings. The van der Waals surface area contributed by atoms with Gasteiger partial charge in [0.2, 0.25) is 0 Å². The Morgan fingerprint density at radius 3 is 2.44 bits per heavy atom. The van der Waals surface area contributed by atoms with E-state index >= 15 is 0 Å². The van der Waals surface area contributed by atoms with Crippen LogP contribution in [-0.4, -0.2) is 38.9 Å². The van der Waals surface area contributed by atoms with Crippen LogP contribution in [0.3, 0.4) is 0 Å². The fraction of sp³-hybridized carbons (Fsp3) is 0.560. The molecule has 0 aliphatic carbocycles. The smallest absolute Gasteiger partial charge is 0.332 e. The summed E-state index contributed by atoms with van der Waals surface area (Å²) in [6, 6.07) is 8.10. The number of carbonyl (C=O) groups excluding carboxylic acids is 1.